The van der Waals surface area contributed by atoms with Gasteiger partial charge >= 0.3 is 0 Å². The van der Waals surface area contributed by atoms with Gasteiger partial charge in [-0.15, -0.1) is 10.2 Å². The van der Waals surface area contributed by atoms with Gasteiger partial charge in [-0.05, 0) is 44.9 Å². The highest BCUT2D eigenvalue weighted by Gasteiger charge is 2.18. The van der Waals surface area contributed by atoms with Crippen LogP contribution in [0.2, 0.25) is 0 Å². The van der Waals surface area contributed by atoms with E-state index in [1.807, 2.05) is 67.6 Å². The van der Waals surface area contributed by atoms with E-state index in [9.17, 15) is 9.59 Å². The highest BCUT2D eigenvalue weighted by atomic mass is 32.2. The minimum Gasteiger partial charge on any atom is -0.382 e. The van der Waals surface area contributed by atoms with E-state index < -0.39 is 0 Å². The fraction of sp³-hybridized carbons (Fsp3) is 0.333. The molecule has 7 nitrogen and oxygen atoms in total. The molecule has 166 valence electrons. The van der Waals surface area contributed by atoms with E-state index in [-0.39, 0.29) is 17.1 Å². The summed E-state index contributed by atoms with van der Waals surface area (Å²) in [5.74, 6) is 0.757. The van der Waals surface area contributed by atoms with E-state index in [1.165, 1.54) is 11.8 Å². The van der Waals surface area contributed by atoms with Gasteiger partial charge in [-0.2, -0.15) is 0 Å². The highest BCUT2D eigenvalue weighted by Crippen LogP contribution is 2.23. The van der Waals surface area contributed by atoms with Crippen LogP contribution in [0.1, 0.15) is 34.8 Å². The minimum atomic E-state index is -0.0973. The van der Waals surface area contributed by atoms with E-state index >= 15 is 0 Å². The minimum absolute atomic E-state index is 0.0404. The fourth-order valence-electron chi connectivity index (χ4n) is 3.83. The number of nitrogens with zero attached hydrogens (tertiary/aromatic N) is 4. The Balaban J connectivity index is 1.69. The molecule has 0 atom stereocenters. The van der Waals surface area contributed by atoms with Crippen LogP contribution in [0, 0.1) is 13.8 Å². The van der Waals surface area contributed by atoms with E-state index in [0.29, 0.717) is 42.5 Å². The Kier molecular flexibility index (Phi) is 6.72. The number of ether oxygens (including phenoxy) is 1. The predicted molar refractivity (Wildman–Crippen MR) is 127 cm³/mol. The second-order valence-corrected chi connectivity index (χ2v) is 8.62. The van der Waals surface area contributed by atoms with Crippen LogP contribution in [0.25, 0.3) is 16.7 Å². The number of para-hydroxylation sites is 1. The number of ketones is 1. The van der Waals surface area contributed by atoms with Crippen molar-refractivity contribution in [1.29, 1.82) is 0 Å². The second-order valence-electron chi connectivity index (χ2n) is 7.67. The average Bonchev–Trinajstić information content (AvgIpc) is 3.21. The zero-order chi connectivity index (χ0) is 22.7. The SMILES string of the molecule is CCOCCCn1c(=O)c2ccccc2n2c(SCC(=O)c3ccc(C)cc3C)nnc12. The number of aryl methyl sites for hydroxylation is 3. The summed E-state index contributed by atoms with van der Waals surface area (Å²) in [4.78, 5) is 26.0. The summed E-state index contributed by atoms with van der Waals surface area (Å²) < 4.78 is 8.94. The molecule has 0 aliphatic carbocycles. The third kappa shape index (κ3) is 4.33. The molecule has 2 aromatic carbocycles. The van der Waals surface area contributed by atoms with Crippen molar-refractivity contribution < 1.29 is 9.53 Å². The van der Waals surface area contributed by atoms with Crippen molar-refractivity contribution in [2.75, 3.05) is 19.0 Å². The Labute approximate surface area is 190 Å². The van der Waals surface area contributed by atoms with Gasteiger partial charge < -0.3 is 4.74 Å². The third-order valence-electron chi connectivity index (χ3n) is 5.37. The molecular formula is C24H26N4O3S. The summed E-state index contributed by atoms with van der Waals surface area (Å²) in [6.07, 6.45) is 0.697. The Morgan fingerprint density at radius 3 is 2.72 bits per heavy atom. The Bertz CT molecular complexity index is 1340. The molecule has 32 heavy (non-hydrogen) atoms. The van der Waals surface area contributed by atoms with Crippen LogP contribution in [0.15, 0.2) is 52.4 Å². The maximum atomic E-state index is 13.1. The first-order valence-corrected chi connectivity index (χ1v) is 11.7. The summed E-state index contributed by atoms with van der Waals surface area (Å²) in [6.45, 7) is 7.60. The summed E-state index contributed by atoms with van der Waals surface area (Å²) in [6, 6.07) is 13.3. The Hall–Kier alpha value is -2.97. The lowest BCUT2D eigenvalue weighted by atomic mass is 10.0. The number of carbonyl (C=O) groups is 1. The van der Waals surface area contributed by atoms with Crippen LogP contribution in [-0.2, 0) is 11.3 Å². The van der Waals surface area contributed by atoms with Gasteiger partial charge in [0, 0.05) is 25.3 Å². The van der Waals surface area contributed by atoms with Gasteiger partial charge in [0.25, 0.3) is 5.56 Å². The Morgan fingerprint density at radius 2 is 1.94 bits per heavy atom. The number of hydrogen-bond donors (Lipinski definition) is 0. The molecule has 0 fully saturated rings. The maximum Gasteiger partial charge on any atom is 0.262 e. The van der Waals surface area contributed by atoms with Crippen LogP contribution in [0.5, 0.6) is 0 Å². The van der Waals surface area contributed by atoms with Crippen molar-refractivity contribution >= 4 is 34.2 Å². The van der Waals surface area contributed by atoms with E-state index in [4.69, 9.17) is 4.74 Å². The normalized spacial score (nSPS) is 11.5. The molecule has 0 amide bonds. The molecule has 0 saturated carbocycles. The number of rotatable bonds is 9. The zero-order valence-electron chi connectivity index (χ0n) is 18.5. The third-order valence-corrected chi connectivity index (χ3v) is 6.30. The zero-order valence-corrected chi connectivity index (χ0v) is 19.3. The molecule has 4 rings (SSSR count). The lowest BCUT2D eigenvalue weighted by molar-refractivity contribution is 0.102. The molecule has 2 heterocycles. The van der Waals surface area contributed by atoms with Crippen LogP contribution < -0.4 is 5.56 Å². The summed E-state index contributed by atoms with van der Waals surface area (Å²) >= 11 is 1.33. The first-order valence-electron chi connectivity index (χ1n) is 10.7. The quantitative estimate of drug-likeness (QED) is 0.217. The van der Waals surface area contributed by atoms with Crippen molar-refractivity contribution in [1.82, 2.24) is 19.2 Å². The van der Waals surface area contributed by atoms with Crippen LogP contribution in [0.3, 0.4) is 0 Å². The number of Topliss-reactive ketones (excluding diaryl/α,β-unsaturated/α-hetero) is 1. The molecule has 0 saturated heterocycles. The number of carbonyl (C=O) groups excluding carboxylic acids is 1. The number of aromatic nitrogens is 4. The molecule has 0 aliphatic rings. The molecule has 0 spiro atoms. The lowest BCUT2D eigenvalue weighted by Gasteiger charge is -2.11. The van der Waals surface area contributed by atoms with Gasteiger partial charge in [-0.3, -0.25) is 18.6 Å². The van der Waals surface area contributed by atoms with Crippen molar-refractivity contribution in [3.05, 3.63) is 69.5 Å². The lowest BCUT2D eigenvalue weighted by Crippen LogP contribution is -2.24. The standard InChI is InChI=1S/C24H26N4O3S/c1-4-31-13-7-12-27-22(30)19-8-5-6-9-20(19)28-23(27)25-26-24(28)32-15-21(29)18-11-10-16(2)14-17(18)3/h5-6,8-11,14H,4,7,12-13,15H2,1-3H3. The number of benzene rings is 2. The van der Waals surface area contributed by atoms with Crippen molar-refractivity contribution in [2.45, 2.75) is 38.9 Å². The van der Waals surface area contributed by atoms with Crippen molar-refractivity contribution in [2.24, 2.45) is 0 Å². The van der Waals surface area contributed by atoms with Gasteiger partial charge in [0.2, 0.25) is 5.78 Å². The summed E-state index contributed by atoms with van der Waals surface area (Å²) in [5, 5.41) is 9.82. The molecule has 0 N–H and O–H groups in total. The Morgan fingerprint density at radius 1 is 1.12 bits per heavy atom. The number of hydrogen-bond acceptors (Lipinski definition) is 6. The van der Waals surface area contributed by atoms with Crippen LogP contribution in [-0.4, -0.2) is 43.9 Å². The van der Waals surface area contributed by atoms with E-state index in [1.54, 1.807) is 4.57 Å². The molecule has 0 aliphatic heterocycles. The van der Waals surface area contributed by atoms with Crippen LogP contribution in [0.4, 0.5) is 0 Å². The largest absolute Gasteiger partial charge is 0.382 e. The van der Waals surface area contributed by atoms with E-state index in [2.05, 4.69) is 10.2 Å². The van der Waals surface area contributed by atoms with Crippen molar-refractivity contribution in [3.8, 4) is 0 Å². The van der Waals surface area contributed by atoms with Gasteiger partial charge in [0.05, 0.1) is 16.7 Å². The molecule has 2 aromatic heterocycles. The summed E-state index contributed by atoms with van der Waals surface area (Å²) in [5.41, 5.74) is 3.45. The van der Waals surface area contributed by atoms with Gasteiger partial charge in [0.15, 0.2) is 10.9 Å². The van der Waals surface area contributed by atoms with Gasteiger partial charge in [-0.25, -0.2) is 0 Å². The second kappa shape index (κ2) is 9.67. The summed E-state index contributed by atoms with van der Waals surface area (Å²) in [7, 11) is 0. The van der Waals surface area contributed by atoms with Crippen molar-refractivity contribution in [3.63, 3.8) is 0 Å². The van der Waals surface area contributed by atoms with Crippen LogP contribution >= 0.6 is 11.8 Å². The monoisotopic (exact) mass is 450 g/mol. The number of fused-ring (bicyclic) bond motifs is 3. The molecule has 0 bridgehead atoms. The molecular weight excluding hydrogens is 424 g/mol. The topological polar surface area (TPSA) is 78.5 Å². The average molecular weight is 451 g/mol. The first-order chi connectivity index (χ1) is 15.5. The first kappa shape index (κ1) is 22.2. The van der Waals surface area contributed by atoms with E-state index in [0.717, 1.165) is 22.2 Å². The molecule has 0 unspecified atom stereocenters. The molecule has 4 aromatic rings. The van der Waals surface area contributed by atoms with Gasteiger partial charge in [-0.1, -0.05) is 47.7 Å². The fourth-order valence-corrected chi connectivity index (χ4v) is 4.66. The predicted octanol–water partition coefficient (Wildman–Crippen LogP) is 4.06. The highest BCUT2D eigenvalue weighted by molar-refractivity contribution is 7.99. The maximum absolute atomic E-state index is 13.1. The molecule has 0 radical (unpaired) electrons. The smallest absolute Gasteiger partial charge is 0.262 e. The van der Waals surface area contributed by atoms with Gasteiger partial charge in [0.1, 0.15) is 0 Å². The molecule has 8 heteroatoms. The number of thioether (sulfide) groups is 1.